The van der Waals surface area contributed by atoms with E-state index in [4.69, 9.17) is 20.0 Å². The predicted molar refractivity (Wildman–Crippen MR) is 120 cm³/mol. The molecule has 0 nitrogen and oxygen atoms in total. The van der Waals surface area contributed by atoms with Gasteiger partial charge < -0.3 is 0 Å². The molecule has 0 aliphatic heterocycles. The first-order chi connectivity index (χ1) is 10.3. The zero-order valence-electron chi connectivity index (χ0n) is 17.7. The molecule has 0 bridgehead atoms. The van der Waals surface area contributed by atoms with Gasteiger partial charge >= 0.3 is 33.6 Å². The fraction of sp³-hybridized carbons (Fsp3) is 1.00. The van der Waals surface area contributed by atoms with Crippen LogP contribution in [-0.4, -0.2) is 31.2 Å². The number of hydrogen-bond donors (Lipinski definition) is 0. The molecule has 5 heteroatoms. The molecule has 0 spiro atoms. The van der Waals surface area contributed by atoms with Gasteiger partial charge in [-0.05, 0) is 0 Å². The van der Waals surface area contributed by atoms with E-state index in [-0.39, 0.29) is 17.6 Å². The summed E-state index contributed by atoms with van der Waals surface area (Å²) in [6, 6.07) is 0. The second kappa shape index (κ2) is 17.0. The molecule has 0 saturated carbocycles. The Balaban J connectivity index is -0.000000297. The maximum atomic E-state index is 4.89. The first-order valence-corrected chi connectivity index (χ1v) is 18.0. The fourth-order valence-corrected chi connectivity index (χ4v) is 12.0. The third kappa shape index (κ3) is 16.8. The predicted octanol–water partition coefficient (Wildman–Crippen LogP) is 8.42. The molecule has 0 heterocycles. The first-order valence-electron chi connectivity index (χ1n) is 9.04. The second-order valence-electron chi connectivity index (χ2n) is 8.00. The molecule has 0 fully saturated rings. The standard InChI is InChI=1S/2C9H21Si.Cl2Ge/c2*1-7(2)10(8(3)4)9(5)6;1-3-2/h2*7-9H,1-6H3;. The molecule has 23 heavy (non-hydrogen) atoms. The summed E-state index contributed by atoms with van der Waals surface area (Å²) in [6.07, 6.45) is 0. The van der Waals surface area contributed by atoms with Crippen LogP contribution in [0.3, 0.4) is 0 Å². The van der Waals surface area contributed by atoms with Crippen molar-refractivity contribution in [3.8, 4) is 0 Å². The van der Waals surface area contributed by atoms with E-state index in [1.165, 1.54) is 0 Å². The zero-order chi connectivity index (χ0) is 19.3. The summed E-state index contributed by atoms with van der Waals surface area (Å²) < 4.78 is 0. The van der Waals surface area contributed by atoms with E-state index in [0.29, 0.717) is 0 Å². The summed E-state index contributed by atoms with van der Waals surface area (Å²) in [5.74, 6) is 0. The molecule has 0 aromatic carbocycles. The van der Waals surface area contributed by atoms with Crippen molar-refractivity contribution in [1.29, 1.82) is 0 Å². The Bertz CT molecular complexity index is 183. The number of halogens is 2. The van der Waals surface area contributed by atoms with E-state index in [1.54, 1.807) is 0 Å². The molecule has 4 radical (unpaired) electrons. The van der Waals surface area contributed by atoms with Crippen LogP contribution in [0.15, 0.2) is 0 Å². The van der Waals surface area contributed by atoms with Crippen molar-refractivity contribution in [3.05, 3.63) is 0 Å². The Hall–Kier alpha value is 1.56. The van der Waals surface area contributed by atoms with Gasteiger partial charge in [0.05, 0.1) is 17.6 Å². The molecule has 0 amide bonds. The van der Waals surface area contributed by atoms with E-state index in [2.05, 4.69) is 83.1 Å². The van der Waals surface area contributed by atoms with E-state index < -0.39 is 13.6 Å². The van der Waals surface area contributed by atoms with Crippen LogP contribution in [0.4, 0.5) is 0 Å². The monoisotopic (exact) mass is 458 g/mol. The zero-order valence-corrected chi connectivity index (χ0v) is 23.3. The Morgan fingerprint density at radius 3 is 0.522 bits per heavy atom. The number of hydrogen-bond acceptors (Lipinski definition) is 0. The van der Waals surface area contributed by atoms with Gasteiger partial charge in [0.1, 0.15) is 0 Å². The molecule has 0 aliphatic rings. The quantitative estimate of drug-likeness (QED) is 0.351. The van der Waals surface area contributed by atoms with Crippen LogP contribution < -0.4 is 0 Å². The molecule has 0 aromatic rings. The van der Waals surface area contributed by atoms with Crippen molar-refractivity contribution < 1.29 is 0 Å². The molecule has 140 valence electrons. The molecule has 0 unspecified atom stereocenters. The minimum atomic E-state index is -0.556. The molecular weight excluding hydrogens is 416 g/mol. The molecule has 0 atom stereocenters. The van der Waals surface area contributed by atoms with Crippen LogP contribution in [0.1, 0.15) is 83.1 Å². The Morgan fingerprint density at radius 2 is 0.522 bits per heavy atom. The van der Waals surface area contributed by atoms with Gasteiger partial charge in [-0.15, -0.1) is 0 Å². The third-order valence-electron chi connectivity index (χ3n) is 4.00. The van der Waals surface area contributed by atoms with Gasteiger partial charge in [-0.3, -0.25) is 0 Å². The van der Waals surface area contributed by atoms with Crippen molar-refractivity contribution in [1.82, 2.24) is 0 Å². The van der Waals surface area contributed by atoms with E-state index >= 15 is 0 Å². The van der Waals surface area contributed by atoms with Gasteiger partial charge in [0.15, 0.2) is 0 Å². The fourth-order valence-electron chi connectivity index (χ4n) is 4.00. The molecule has 0 aromatic heterocycles. The van der Waals surface area contributed by atoms with Gasteiger partial charge in [0.25, 0.3) is 0 Å². The summed E-state index contributed by atoms with van der Waals surface area (Å²) in [4.78, 5) is 0. The van der Waals surface area contributed by atoms with Crippen molar-refractivity contribution in [3.63, 3.8) is 0 Å². The van der Waals surface area contributed by atoms with Gasteiger partial charge in [-0.25, -0.2) is 0 Å². The second-order valence-corrected chi connectivity index (χ2v) is 20.2. The van der Waals surface area contributed by atoms with E-state index in [0.717, 1.165) is 33.2 Å². The first kappa shape index (κ1) is 29.3. The summed E-state index contributed by atoms with van der Waals surface area (Å²) >= 11 is -0.556. The average Bonchev–Trinajstić information content (AvgIpc) is 2.26. The van der Waals surface area contributed by atoms with Crippen LogP contribution in [0.2, 0.25) is 33.2 Å². The summed E-state index contributed by atoms with van der Waals surface area (Å²) in [7, 11) is 9.59. The van der Waals surface area contributed by atoms with Crippen molar-refractivity contribution in [2.75, 3.05) is 0 Å². The van der Waals surface area contributed by atoms with Gasteiger partial charge in [0.2, 0.25) is 0 Å². The Kier molecular flexibility index (Phi) is 21.7. The van der Waals surface area contributed by atoms with Crippen molar-refractivity contribution in [2.24, 2.45) is 0 Å². The molecular formula is C18H42Cl2GeSi2. The minimum absolute atomic E-state index is 0.0957. The van der Waals surface area contributed by atoms with Crippen LogP contribution in [-0.2, 0) is 0 Å². The van der Waals surface area contributed by atoms with Gasteiger partial charge in [-0.1, -0.05) is 116 Å². The number of rotatable bonds is 6. The molecule has 0 N–H and O–H groups in total. The van der Waals surface area contributed by atoms with Gasteiger partial charge in [-0.2, -0.15) is 0 Å². The van der Waals surface area contributed by atoms with E-state index in [9.17, 15) is 0 Å². The molecule has 0 saturated heterocycles. The van der Waals surface area contributed by atoms with Crippen molar-refractivity contribution in [2.45, 2.75) is 116 Å². The van der Waals surface area contributed by atoms with Crippen LogP contribution in [0, 0.1) is 0 Å². The van der Waals surface area contributed by atoms with Crippen molar-refractivity contribution >= 4 is 51.2 Å². The maximum absolute atomic E-state index is 4.89. The average molecular weight is 458 g/mol. The third-order valence-corrected chi connectivity index (χ3v) is 12.0. The summed E-state index contributed by atoms with van der Waals surface area (Å²) in [5, 5.41) is 0. The summed E-state index contributed by atoms with van der Waals surface area (Å²) in [5.41, 5.74) is 5.61. The molecule has 0 aliphatic carbocycles. The summed E-state index contributed by atoms with van der Waals surface area (Å²) in [6.45, 7) is 28.4. The van der Waals surface area contributed by atoms with Gasteiger partial charge in [0, 0.05) is 0 Å². The van der Waals surface area contributed by atoms with Crippen LogP contribution >= 0.6 is 20.0 Å². The SMILES string of the molecule is CC(C)[Si](C(C)C)C(C)C.CC(C)[Si](C(C)C)C(C)C.[Cl][Ge][Cl]. The van der Waals surface area contributed by atoms with Crippen LogP contribution in [0.5, 0.6) is 0 Å². The Morgan fingerprint density at radius 1 is 0.435 bits per heavy atom. The van der Waals surface area contributed by atoms with E-state index in [1.807, 2.05) is 0 Å². The normalized spacial score (nSPS) is 11.7. The molecule has 0 rings (SSSR count). The van der Waals surface area contributed by atoms with Crippen LogP contribution in [0.25, 0.3) is 0 Å². The topological polar surface area (TPSA) is 0 Å². The Labute approximate surface area is 166 Å².